The Bertz CT molecular complexity index is 983. The van der Waals surface area contributed by atoms with E-state index in [1.807, 2.05) is 17.6 Å². The number of carbonyl (C=O) groups excluding carboxylic acids is 1. The Morgan fingerprint density at radius 3 is 2.72 bits per heavy atom. The lowest BCUT2D eigenvalue weighted by atomic mass is 10.2. The Balaban J connectivity index is 1.71. The number of aromatic nitrogens is 3. The molecule has 8 nitrogen and oxygen atoms in total. The van der Waals surface area contributed by atoms with E-state index in [1.54, 1.807) is 38.7 Å². The van der Waals surface area contributed by atoms with Crippen molar-refractivity contribution in [1.82, 2.24) is 14.8 Å². The molecule has 0 aliphatic heterocycles. The fraction of sp³-hybridized carbons (Fsp3) is 0.350. The lowest BCUT2D eigenvalue weighted by Gasteiger charge is -2.12. The first kappa shape index (κ1) is 20.8. The summed E-state index contributed by atoms with van der Waals surface area (Å²) in [5, 5.41) is 12.2. The van der Waals surface area contributed by atoms with Gasteiger partial charge in [-0.1, -0.05) is 18.7 Å². The fourth-order valence-electron chi connectivity index (χ4n) is 2.86. The van der Waals surface area contributed by atoms with Crippen LogP contribution in [0.5, 0.6) is 11.5 Å². The first-order valence-corrected chi connectivity index (χ1v) is 10.2. The predicted octanol–water partition coefficient (Wildman–Crippen LogP) is 4.00. The van der Waals surface area contributed by atoms with Gasteiger partial charge in [-0.15, -0.1) is 10.2 Å². The first-order valence-electron chi connectivity index (χ1n) is 9.19. The van der Waals surface area contributed by atoms with Crippen molar-refractivity contribution in [3.63, 3.8) is 0 Å². The molecule has 9 heteroatoms. The van der Waals surface area contributed by atoms with Crippen LogP contribution in [-0.2, 0) is 11.3 Å². The Kier molecular flexibility index (Phi) is 6.82. The number of aryl methyl sites for hydroxylation is 1. The van der Waals surface area contributed by atoms with Gasteiger partial charge in [0.05, 0.1) is 37.5 Å². The zero-order valence-corrected chi connectivity index (χ0v) is 17.7. The van der Waals surface area contributed by atoms with E-state index in [0.717, 1.165) is 30.1 Å². The Morgan fingerprint density at radius 2 is 2.07 bits per heavy atom. The molecule has 3 aromatic rings. The number of thioether (sulfide) groups is 1. The van der Waals surface area contributed by atoms with Gasteiger partial charge in [0.2, 0.25) is 5.91 Å². The van der Waals surface area contributed by atoms with Crippen molar-refractivity contribution in [1.29, 1.82) is 0 Å². The van der Waals surface area contributed by atoms with Crippen molar-refractivity contribution < 1.29 is 18.7 Å². The number of rotatable bonds is 9. The number of carbonyl (C=O) groups is 1. The van der Waals surface area contributed by atoms with E-state index in [-0.39, 0.29) is 11.7 Å². The lowest BCUT2D eigenvalue weighted by Crippen LogP contribution is -2.15. The summed E-state index contributed by atoms with van der Waals surface area (Å²) < 4.78 is 17.9. The quantitative estimate of drug-likeness (QED) is 0.527. The minimum atomic E-state index is -0.162. The van der Waals surface area contributed by atoms with Crippen molar-refractivity contribution in [2.75, 3.05) is 25.3 Å². The Morgan fingerprint density at radius 1 is 1.24 bits per heavy atom. The van der Waals surface area contributed by atoms with Gasteiger partial charge in [0.1, 0.15) is 17.3 Å². The molecule has 1 N–H and O–H groups in total. The van der Waals surface area contributed by atoms with E-state index < -0.39 is 0 Å². The van der Waals surface area contributed by atoms with Gasteiger partial charge in [-0.2, -0.15) is 0 Å². The maximum atomic E-state index is 12.5. The molecule has 1 amide bonds. The van der Waals surface area contributed by atoms with Crippen molar-refractivity contribution in [2.24, 2.45) is 0 Å². The summed E-state index contributed by atoms with van der Waals surface area (Å²) in [5.41, 5.74) is 1.49. The number of nitrogens with one attached hydrogen (secondary N) is 1. The van der Waals surface area contributed by atoms with Crippen molar-refractivity contribution in [2.45, 2.75) is 32.0 Å². The number of hydrogen-bond donors (Lipinski definition) is 1. The summed E-state index contributed by atoms with van der Waals surface area (Å²) in [6, 6.07) is 7.12. The maximum Gasteiger partial charge on any atom is 0.234 e. The number of amides is 1. The van der Waals surface area contributed by atoms with Crippen LogP contribution in [0.25, 0.3) is 11.4 Å². The highest BCUT2D eigenvalue weighted by Crippen LogP contribution is 2.30. The van der Waals surface area contributed by atoms with Gasteiger partial charge in [0.25, 0.3) is 0 Å². The van der Waals surface area contributed by atoms with E-state index in [9.17, 15) is 4.79 Å². The van der Waals surface area contributed by atoms with Crippen LogP contribution in [0.2, 0.25) is 0 Å². The number of anilines is 1. The van der Waals surface area contributed by atoms with Gasteiger partial charge in [-0.05, 0) is 31.5 Å². The highest BCUT2D eigenvalue weighted by atomic mass is 32.2. The number of nitrogens with zero attached hydrogens (tertiary/aromatic N) is 3. The molecule has 29 heavy (non-hydrogen) atoms. The topological polar surface area (TPSA) is 91.4 Å². The molecule has 0 atom stereocenters. The van der Waals surface area contributed by atoms with Gasteiger partial charge in [-0.25, -0.2) is 0 Å². The van der Waals surface area contributed by atoms with E-state index in [0.29, 0.717) is 22.3 Å². The number of hydrogen-bond acceptors (Lipinski definition) is 7. The third kappa shape index (κ3) is 4.73. The standard InChI is InChI=1S/C20H24N4O4S/c1-5-9-24-19(15-8-10-28-13(15)2)22-23-20(24)29-12-18(25)21-16-7-6-14(26-3)11-17(16)27-4/h6-8,10-11H,5,9,12H2,1-4H3,(H,21,25). The molecule has 0 spiro atoms. The average molecular weight is 417 g/mol. The van der Waals surface area contributed by atoms with E-state index in [4.69, 9.17) is 13.9 Å². The summed E-state index contributed by atoms with van der Waals surface area (Å²) in [6.45, 7) is 4.73. The molecular formula is C20H24N4O4S. The summed E-state index contributed by atoms with van der Waals surface area (Å²) in [5.74, 6) is 2.76. The third-order valence-corrected chi connectivity index (χ3v) is 5.25. The first-order chi connectivity index (χ1) is 14.1. The SMILES string of the molecule is CCCn1c(SCC(=O)Nc2ccc(OC)cc2OC)nnc1-c1ccoc1C. The highest BCUT2D eigenvalue weighted by Gasteiger charge is 2.18. The van der Waals surface area contributed by atoms with Gasteiger partial charge in [-0.3, -0.25) is 4.79 Å². The molecule has 0 aliphatic rings. The lowest BCUT2D eigenvalue weighted by molar-refractivity contribution is -0.113. The minimum Gasteiger partial charge on any atom is -0.497 e. The highest BCUT2D eigenvalue weighted by molar-refractivity contribution is 7.99. The number of methoxy groups -OCH3 is 2. The second-order valence-corrected chi connectivity index (χ2v) is 7.19. The molecule has 3 rings (SSSR count). The van der Waals surface area contributed by atoms with Gasteiger partial charge in [0.15, 0.2) is 11.0 Å². The molecule has 2 aromatic heterocycles. The summed E-state index contributed by atoms with van der Waals surface area (Å²) in [7, 11) is 3.13. The smallest absolute Gasteiger partial charge is 0.234 e. The van der Waals surface area contributed by atoms with Crippen LogP contribution in [0.4, 0.5) is 5.69 Å². The average Bonchev–Trinajstić information content (AvgIpc) is 3.32. The zero-order valence-electron chi connectivity index (χ0n) is 16.9. The predicted molar refractivity (Wildman–Crippen MR) is 112 cm³/mol. The van der Waals surface area contributed by atoms with Gasteiger partial charge in [0, 0.05) is 12.6 Å². The van der Waals surface area contributed by atoms with Crippen LogP contribution in [0.3, 0.4) is 0 Å². The van der Waals surface area contributed by atoms with Gasteiger partial charge >= 0.3 is 0 Å². The van der Waals surface area contributed by atoms with Gasteiger partial charge < -0.3 is 23.8 Å². The number of furan rings is 1. The van der Waals surface area contributed by atoms with Crippen molar-refractivity contribution in [3.8, 4) is 22.9 Å². The second-order valence-electron chi connectivity index (χ2n) is 6.25. The molecule has 0 saturated carbocycles. The Hall–Kier alpha value is -2.94. The van der Waals surface area contributed by atoms with E-state index >= 15 is 0 Å². The largest absolute Gasteiger partial charge is 0.497 e. The number of benzene rings is 1. The summed E-state index contributed by atoms with van der Waals surface area (Å²) in [6.07, 6.45) is 2.56. The molecule has 0 saturated heterocycles. The van der Waals surface area contributed by atoms with Crippen LogP contribution in [0.1, 0.15) is 19.1 Å². The zero-order chi connectivity index (χ0) is 20.8. The van der Waals surface area contributed by atoms with E-state index in [2.05, 4.69) is 22.4 Å². The maximum absolute atomic E-state index is 12.5. The van der Waals surface area contributed by atoms with Crippen LogP contribution in [-0.4, -0.2) is 40.6 Å². The summed E-state index contributed by atoms with van der Waals surface area (Å²) in [4.78, 5) is 12.5. The molecule has 0 fully saturated rings. The third-order valence-electron chi connectivity index (χ3n) is 4.28. The van der Waals surface area contributed by atoms with Crippen LogP contribution in [0.15, 0.2) is 40.1 Å². The van der Waals surface area contributed by atoms with Crippen molar-refractivity contribution in [3.05, 3.63) is 36.3 Å². The molecule has 0 aliphatic carbocycles. The molecule has 0 bridgehead atoms. The van der Waals surface area contributed by atoms with Crippen LogP contribution in [0, 0.1) is 6.92 Å². The fourth-order valence-corrected chi connectivity index (χ4v) is 3.62. The van der Waals surface area contributed by atoms with Crippen molar-refractivity contribution >= 4 is 23.4 Å². The monoisotopic (exact) mass is 416 g/mol. The molecule has 2 heterocycles. The Labute approximate surface area is 173 Å². The minimum absolute atomic E-state index is 0.162. The molecular weight excluding hydrogens is 392 g/mol. The molecule has 0 radical (unpaired) electrons. The second kappa shape index (κ2) is 9.51. The van der Waals surface area contributed by atoms with Crippen LogP contribution >= 0.6 is 11.8 Å². The van der Waals surface area contributed by atoms with E-state index in [1.165, 1.54) is 11.8 Å². The summed E-state index contributed by atoms with van der Waals surface area (Å²) >= 11 is 1.34. The molecule has 1 aromatic carbocycles. The van der Waals surface area contributed by atoms with Crippen LogP contribution < -0.4 is 14.8 Å². The molecule has 0 unspecified atom stereocenters. The normalized spacial score (nSPS) is 10.8. The molecule has 154 valence electrons. The number of ether oxygens (including phenoxy) is 2.